The summed E-state index contributed by atoms with van der Waals surface area (Å²) in [5.74, 6) is -0.855. The van der Waals surface area contributed by atoms with Gasteiger partial charge in [0, 0.05) is 24.4 Å². The van der Waals surface area contributed by atoms with Crippen LogP contribution in [-0.4, -0.2) is 42.9 Å². The van der Waals surface area contributed by atoms with E-state index in [0.717, 1.165) is 5.56 Å². The number of carbonyl (C=O) groups excluding carboxylic acids is 4. The molecule has 2 aromatic rings. The first kappa shape index (κ1) is 27.6. The van der Waals surface area contributed by atoms with Gasteiger partial charge in [0.1, 0.15) is 12.6 Å². The van der Waals surface area contributed by atoms with Crippen LogP contribution >= 0.6 is 0 Å². The molecule has 2 N–H and O–H groups in total. The second kappa shape index (κ2) is 14.6. The number of ether oxygens (including phenoxy) is 2. The molecular weight excluding hydrogens is 448 g/mol. The molecule has 2 aromatic carbocycles. The molecule has 0 fully saturated rings. The molecule has 35 heavy (non-hydrogen) atoms. The van der Waals surface area contributed by atoms with Gasteiger partial charge in [0.2, 0.25) is 5.91 Å². The molecule has 2 unspecified atom stereocenters. The smallest absolute Gasteiger partial charge is 0.407 e. The Balaban J connectivity index is 1.99. The lowest BCUT2D eigenvalue weighted by molar-refractivity contribution is -0.145. The molecule has 0 saturated carbocycles. The number of alkyl carbamates (subject to hydrolysis) is 1. The number of nitrogens with one attached hydrogen (secondary N) is 2. The fourth-order valence-electron chi connectivity index (χ4n) is 3.52. The molecule has 0 bridgehead atoms. The zero-order valence-corrected chi connectivity index (χ0v) is 20.5. The van der Waals surface area contributed by atoms with Crippen LogP contribution in [0.4, 0.5) is 4.79 Å². The zero-order valence-electron chi connectivity index (χ0n) is 20.5. The Bertz CT molecular complexity index is 962. The lowest BCUT2D eigenvalue weighted by Crippen LogP contribution is -2.43. The molecule has 2 rings (SSSR count). The van der Waals surface area contributed by atoms with Crippen LogP contribution in [0.3, 0.4) is 0 Å². The van der Waals surface area contributed by atoms with Crippen molar-refractivity contribution in [2.24, 2.45) is 5.92 Å². The number of carbonyl (C=O) groups is 4. The van der Waals surface area contributed by atoms with Gasteiger partial charge in [-0.25, -0.2) is 9.59 Å². The molecule has 188 valence electrons. The topological polar surface area (TPSA) is 111 Å². The molecule has 0 heterocycles. The van der Waals surface area contributed by atoms with Crippen molar-refractivity contribution < 1.29 is 28.7 Å². The van der Waals surface area contributed by atoms with Crippen LogP contribution in [0.1, 0.15) is 55.5 Å². The molecule has 0 spiro atoms. The van der Waals surface area contributed by atoms with Crippen LogP contribution in [0.15, 0.2) is 60.7 Å². The summed E-state index contributed by atoms with van der Waals surface area (Å²) < 4.78 is 10.1. The van der Waals surface area contributed by atoms with Crippen LogP contribution in [0.5, 0.6) is 0 Å². The summed E-state index contributed by atoms with van der Waals surface area (Å²) in [5.41, 5.74) is 1.35. The van der Waals surface area contributed by atoms with Gasteiger partial charge in [-0.1, -0.05) is 74.5 Å². The maximum absolute atomic E-state index is 12.7. The van der Waals surface area contributed by atoms with Crippen molar-refractivity contribution in [3.63, 3.8) is 0 Å². The molecule has 0 aliphatic heterocycles. The second-order valence-corrected chi connectivity index (χ2v) is 8.71. The van der Waals surface area contributed by atoms with E-state index in [1.807, 2.05) is 50.2 Å². The molecule has 8 heteroatoms. The van der Waals surface area contributed by atoms with Crippen molar-refractivity contribution in [2.75, 3.05) is 7.11 Å². The minimum atomic E-state index is -0.749. The third kappa shape index (κ3) is 10.4. The number of Topliss-reactive ketones (excluding diaryl/α,β-unsaturated/α-hetero) is 1. The minimum absolute atomic E-state index is 0.00412. The number of hydrogen-bond acceptors (Lipinski definition) is 6. The van der Waals surface area contributed by atoms with Crippen molar-refractivity contribution in [3.8, 4) is 0 Å². The van der Waals surface area contributed by atoms with E-state index in [4.69, 9.17) is 9.47 Å². The standard InChI is InChI=1S/C27H34N2O6/c1-19(2)16-23(26(32)34-3)29-25(31)15-14-22(17-24(30)21-12-8-5-9-13-21)28-27(33)35-18-20-10-6-4-7-11-20/h4-13,19,22-23H,14-18H2,1-3H3,(H,28,33)(H,29,31). The summed E-state index contributed by atoms with van der Waals surface area (Å²) in [7, 11) is 1.28. The number of esters is 1. The predicted octanol–water partition coefficient (Wildman–Crippen LogP) is 4.04. The molecule has 0 saturated heterocycles. The SMILES string of the molecule is COC(=O)C(CC(C)C)NC(=O)CCC(CC(=O)c1ccccc1)NC(=O)OCc1ccccc1. The van der Waals surface area contributed by atoms with Gasteiger partial charge in [-0.2, -0.15) is 0 Å². The van der Waals surface area contributed by atoms with Crippen LogP contribution in [-0.2, 0) is 25.7 Å². The lowest BCUT2D eigenvalue weighted by atomic mass is 9.99. The maximum Gasteiger partial charge on any atom is 0.407 e. The molecule has 8 nitrogen and oxygen atoms in total. The lowest BCUT2D eigenvalue weighted by Gasteiger charge is -2.20. The number of hydrogen-bond donors (Lipinski definition) is 2. The van der Waals surface area contributed by atoms with E-state index < -0.39 is 24.1 Å². The molecule has 2 amide bonds. The molecule has 0 aliphatic rings. The van der Waals surface area contributed by atoms with Crippen molar-refractivity contribution in [2.45, 2.75) is 58.2 Å². The molecule has 0 radical (unpaired) electrons. The van der Waals surface area contributed by atoms with E-state index in [-0.39, 0.29) is 43.5 Å². The van der Waals surface area contributed by atoms with Gasteiger partial charge in [0.25, 0.3) is 0 Å². The average Bonchev–Trinajstić information content (AvgIpc) is 2.86. The van der Waals surface area contributed by atoms with Crippen molar-refractivity contribution in [1.82, 2.24) is 10.6 Å². The third-order valence-electron chi connectivity index (χ3n) is 5.31. The first-order valence-electron chi connectivity index (χ1n) is 11.7. The Kier molecular flexibility index (Phi) is 11.5. The fraction of sp³-hybridized carbons (Fsp3) is 0.407. The predicted molar refractivity (Wildman–Crippen MR) is 132 cm³/mol. The summed E-state index contributed by atoms with van der Waals surface area (Å²) in [6, 6.07) is 16.6. The molecule has 0 aliphatic carbocycles. The fourth-order valence-corrected chi connectivity index (χ4v) is 3.52. The first-order valence-corrected chi connectivity index (χ1v) is 11.7. The van der Waals surface area contributed by atoms with Crippen molar-refractivity contribution in [3.05, 3.63) is 71.8 Å². The number of rotatable bonds is 13. The summed E-state index contributed by atoms with van der Waals surface area (Å²) in [6.07, 6.45) is -0.0207. The van der Waals surface area contributed by atoms with Crippen LogP contribution in [0.25, 0.3) is 0 Å². The Morgan fingerprint density at radius 2 is 1.51 bits per heavy atom. The molecule has 0 aromatic heterocycles. The van der Waals surface area contributed by atoms with E-state index >= 15 is 0 Å². The van der Waals surface area contributed by atoms with Gasteiger partial charge in [-0.15, -0.1) is 0 Å². The Labute approximate surface area is 206 Å². The highest BCUT2D eigenvalue weighted by Crippen LogP contribution is 2.12. The maximum atomic E-state index is 12.7. The minimum Gasteiger partial charge on any atom is -0.467 e. The summed E-state index contributed by atoms with van der Waals surface area (Å²) in [4.78, 5) is 49.7. The normalized spacial score (nSPS) is 12.3. The third-order valence-corrected chi connectivity index (χ3v) is 5.31. The highest BCUT2D eigenvalue weighted by molar-refractivity contribution is 5.96. The van der Waals surface area contributed by atoms with Crippen LogP contribution < -0.4 is 10.6 Å². The van der Waals surface area contributed by atoms with Gasteiger partial charge in [0.15, 0.2) is 5.78 Å². The van der Waals surface area contributed by atoms with E-state index in [1.54, 1.807) is 24.3 Å². The molecular formula is C27H34N2O6. The number of amides is 2. The van der Waals surface area contributed by atoms with Gasteiger partial charge < -0.3 is 20.1 Å². The number of benzene rings is 2. The van der Waals surface area contributed by atoms with Crippen LogP contribution in [0, 0.1) is 5.92 Å². The number of methoxy groups -OCH3 is 1. The van der Waals surface area contributed by atoms with Gasteiger partial charge >= 0.3 is 12.1 Å². The monoisotopic (exact) mass is 482 g/mol. The Morgan fingerprint density at radius 3 is 2.11 bits per heavy atom. The Hall–Kier alpha value is -3.68. The first-order chi connectivity index (χ1) is 16.8. The van der Waals surface area contributed by atoms with Gasteiger partial charge in [-0.3, -0.25) is 9.59 Å². The average molecular weight is 483 g/mol. The largest absolute Gasteiger partial charge is 0.467 e. The summed E-state index contributed by atoms with van der Waals surface area (Å²) >= 11 is 0. The Morgan fingerprint density at radius 1 is 0.886 bits per heavy atom. The van der Waals surface area contributed by atoms with E-state index in [0.29, 0.717) is 12.0 Å². The quantitative estimate of drug-likeness (QED) is 0.329. The summed E-state index contributed by atoms with van der Waals surface area (Å²) in [5, 5.41) is 5.41. The summed E-state index contributed by atoms with van der Waals surface area (Å²) in [6.45, 7) is 3.97. The second-order valence-electron chi connectivity index (χ2n) is 8.71. The van der Waals surface area contributed by atoms with Gasteiger partial charge in [0.05, 0.1) is 7.11 Å². The van der Waals surface area contributed by atoms with E-state index in [9.17, 15) is 19.2 Å². The van der Waals surface area contributed by atoms with Crippen molar-refractivity contribution in [1.29, 1.82) is 0 Å². The van der Waals surface area contributed by atoms with Crippen LogP contribution in [0.2, 0.25) is 0 Å². The van der Waals surface area contributed by atoms with Gasteiger partial charge in [-0.05, 0) is 24.3 Å². The molecule has 2 atom stereocenters. The van der Waals surface area contributed by atoms with Crippen molar-refractivity contribution >= 4 is 23.8 Å². The van der Waals surface area contributed by atoms with E-state index in [1.165, 1.54) is 7.11 Å². The number of ketones is 1. The highest BCUT2D eigenvalue weighted by Gasteiger charge is 2.24. The van der Waals surface area contributed by atoms with E-state index in [2.05, 4.69) is 10.6 Å². The highest BCUT2D eigenvalue weighted by atomic mass is 16.5. The zero-order chi connectivity index (χ0) is 25.6.